The lowest BCUT2D eigenvalue weighted by Gasteiger charge is -2.04. The molecule has 0 aliphatic heterocycles. The van der Waals surface area contributed by atoms with E-state index in [1.807, 2.05) is 25.1 Å². The summed E-state index contributed by atoms with van der Waals surface area (Å²) in [5.74, 6) is 1.30. The summed E-state index contributed by atoms with van der Waals surface area (Å²) in [7, 11) is 1.63. The number of benzene rings is 1. The van der Waals surface area contributed by atoms with Crippen molar-refractivity contribution in [1.82, 2.24) is 10.1 Å². The quantitative estimate of drug-likeness (QED) is 0.787. The molecule has 0 spiro atoms. The van der Waals surface area contributed by atoms with Crippen molar-refractivity contribution in [3.8, 4) is 17.1 Å². The Balaban J connectivity index is 2.42. The van der Waals surface area contributed by atoms with Crippen LogP contribution in [0.3, 0.4) is 0 Å². The van der Waals surface area contributed by atoms with E-state index >= 15 is 0 Å². The largest absolute Gasteiger partial charge is 0.496 e. The molecule has 1 aromatic heterocycles. The van der Waals surface area contributed by atoms with Gasteiger partial charge in [-0.2, -0.15) is 4.98 Å². The first-order valence-electron chi connectivity index (χ1n) is 4.35. The Morgan fingerprint density at radius 3 is 2.73 bits per heavy atom. The molecule has 1 heterocycles. The Morgan fingerprint density at radius 2 is 2.20 bits per heavy atom. The average molecular weight is 225 g/mol. The number of rotatable bonds is 2. The van der Waals surface area contributed by atoms with Crippen LogP contribution in [0.25, 0.3) is 11.4 Å². The molecule has 0 bridgehead atoms. The van der Waals surface area contributed by atoms with Crippen LogP contribution in [0.4, 0.5) is 0 Å². The van der Waals surface area contributed by atoms with Crippen LogP contribution in [0.2, 0.25) is 5.35 Å². The predicted molar refractivity (Wildman–Crippen MR) is 56.0 cm³/mol. The molecule has 2 rings (SSSR count). The highest BCUT2D eigenvalue weighted by atomic mass is 35.5. The molecule has 0 saturated carbocycles. The first kappa shape index (κ1) is 9.98. The molecule has 0 aliphatic carbocycles. The molecule has 0 atom stereocenters. The van der Waals surface area contributed by atoms with Gasteiger partial charge < -0.3 is 9.26 Å². The molecular formula is C10H9ClN2O2. The molecule has 0 saturated heterocycles. The van der Waals surface area contributed by atoms with E-state index in [0.29, 0.717) is 5.82 Å². The second-order valence-corrected chi connectivity index (χ2v) is 3.38. The highest BCUT2D eigenvalue weighted by Gasteiger charge is 2.08. The smallest absolute Gasteiger partial charge is 0.320 e. The minimum absolute atomic E-state index is 0.0403. The Labute approximate surface area is 91.8 Å². The third kappa shape index (κ3) is 1.94. The van der Waals surface area contributed by atoms with E-state index in [2.05, 4.69) is 14.7 Å². The summed E-state index contributed by atoms with van der Waals surface area (Å²) in [6, 6.07) is 5.63. The fourth-order valence-corrected chi connectivity index (χ4v) is 1.45. The van der Waals surface area contributed by atoms with Crippen LogP contribution in [0, 0.1) is 6.92 Å². The molecule has 2 aromatic rings. The van der Waals surface area contributed by atoms with Crippen molar-refractivity contribution in [2.75, 3.05) is 7.11 Å². The van der Waals surface area contributed by atoms with Crippen molar-refractivity contribution in [2.45, 2.75) is 6.92 Å². The minimum Gasteiger partial charge on any atom is -0.496 e. The van der Waals surface area contributed by atoms with Crippen molar-refractivity contribution in [3.63, 3.8) is 0 Å². The maximum Gasteiger partial charge on any atom is 0.320 e. The molecule has 0 aliphatic rings. The van der Waals surface area contributed by atoms with E-state index in [0.717, 1.165) is 16.9 Å². The van der Waals surface area contributed by atoms with E-state index in [1.54, 1.807) is 7.11 Å². The van der Waals surface area contributed by atoms with Gasteiger partial charge in [0.05, 0.1) is 7.11 Å². The average Bonchev–Trinajstić information content (AvgIpc) is 2.65. The second kappa shape index (κ2) is 3.90. The van der Waals surface area contributed by atoms with Gasteiger partial charge in [0.15, 0.2) is 0 Å². The summed E-state index contributed by atoms with van der Waals surface area (Å²) in [5, 5.41) is 3.76. The van der Waals surface area contributed by atoms with Crippen molar-refractivity contribution in [3.05, 3.63) is 29.1 Å². The van der Waals surface area contributed by atoms with Crippen LogP contribution < -0.4 is 4.74 Å². The van der Waals surface area contributed by atoms with Gasteiger partial charge in [0.1, 0.15) is 5.75 Å². The number of hydrogen-bond donors (Lipinski definition) is 0. The van der Waals surface area contributed by atoms with Crippen LogP contribution in [-0.2, 0) is 0 Å². The molecule has 1 aromatic carbocycles. The van der Waals surface area contributed by atoms with E-state index in [-0.39, 0.29) is 5.35 Å². The van der Waals surface area contributed by atoms with Gasteiger partial charge in [-0.1, -0.05) is 5.16 Å². The minimum atomic E-state index is 0.0403. The zero-order valence-electron chi connectivity index (χ0n) is 8.32. The monoisotopic (exact) mass is 224 g/mol. The molecule has 0 amide bonds. The van der Waals surface area contributed by atoms with Crippen LogP contribution in [0.15, 0.2) is 22.7 Å². The first-order chi connectivity index (χ1) is 7.20. The normalized spacial score (nSPS) is 10.3. The molecule has 15 heavy (non-hydrogen) atoms. The van der Waals surface area contributed by atoms with E-state index in [1.165, 1.54) is 0 Å². The van der Waals surface area contributed by atoms with Crippen molar-refractivity contribution < 1.29 is 9.26 Å². The standard InChI is InChI=1S/C10H9ClN2O2/c1-6-5-7(3-4-8(6)14-2)9-12-10(11)15-13-9/h3-5H,1-2H3. The van der Waals surface area contributed by atoms with Gasteiger partial charge in [-0.15, -0.1) is 0 Å². The van der Waals surface area contributed by atoms with Gasteiger partial charge >= 0.3 is 5.35 Å². The van der Waals surface area contributed by atoms with Crippen LogP contribution in [0.1, 0.15) is 5.56 Å². The number of nitrogens with zero attached hydrogens (tertiary/aromatic N) is 2. The Morgan fingerprint density at radius 1 is 1.40 bits per heavy atom. The maximum absolute atomic E-state index is 5.54. The van der Waals surface area contributed by atoms with E-state index in [9.17, 15) is 0 Å². The number of methoxy groups -OCH3 is 1. The Kier molecular flexibility index (Phi) is 2.60. The van der Waals surface area contributed by atoms with Crippen LogP contribution in [-0.4, -0.2) is 17.3 Å². The molecule has 0 N–H and O–H groups in total. The molecule has 5 heteroatoms. The third-order valence-corrected chi connectivity index (χ3v) is 2.21. The van der Waals surface area contributed by atoms with Gasteiger partial charge in [0, 0.05) is 5.56 Å². The highest BCUT2D eigenvalue weighted by Crippen LogP contribution is 2.24. The first-order valence-corrected chi connectivity index (χ1v) is 4.72. The molecule has 0 fully saturated rings. The lowest BCUT2D eigenvalue weighted by atomic mass is 10.1. The summed E-state index contributed by atoms with van der Waals surface area (Å²) in [4.78, 5) is 3.92. The van der Waals surface area contributed by atoms with Gasteiger partial charge in [0.25, 0.3) is 0 Å². The summed E-state index contributed by atoms with van der Waals surface area (Å²) < 4.78 is 9.84. The van der Waals surface area contributed by atoms with Gasteiger partial charge in [-0.05, 0) is 42.3 Å². The van der Waals surface area contributed by atoms with Crippen molar-refractivity contribution in [2.24, 2.45) is 0 Å². The van der Waals surface area contributed by atoms with E-state index < -0.39 is 0 Å². The van der Waals surface area contributed by atoms with Crippen molar-refractivity contribution in [1.29, 1.82) is 0 Å². The predicted octanol–water partition coefficient (Wildman–Crippen LogP) is 2.71. The number of aromatic nitrogens is 2. The topological polar surface area (TPSA) is 48.2 Å². The Bertz CT molecular complexity index is 482. The summed E-state index contributed by atoms with van der Waals surface area (Å²) in [6.07, 6.45) is 0. The molecule has 78 valence electrons. The molecule has 0 radical (unpaired) electrons. The molecular weight excluding hydrogens is 216 g/mol. The van der Waals surface area contributed by atoms with E-state index in [4.69, 9.17) is 16.3 Å². The fourth-order valence-electron chi connectivity index (χ4n) is 1.34. The summed E-state index contributed by atoms with van der Waals surface area (Å²) >= 11 is 5.54. The molecule has 0 unspecified atom stereocenters. The number of ether oxygens (including phenoxy) is 1. The Hall–Kier alpha value is -1.55. The van der Waals surface area contributed by atoms with Gasteiger partial charge in [-0.3, -0.25) is 0 Å². The fraction of sp³-hybridized carbons (Fsp3) is 0.200. The van der Waals surface area contributed by atoms with Crippen molar-refractivity contribution >= 4 is 11.6 Å². The summed E-state index contributed by atoms with van der Waals surface area (Å²) in [5.41, 5.74) is 1.86. The van der Waals surface area contributed by atoms with Crippen LogP contribution in [0.5, 0.6) is 5.75 Å². The number of halogens is 1. The lowest BCUT2D eigenvalue weighted by Crippen LogP contribution is -1.88. The lowest BCUT2D eigenvalue weighted by molar-refractivity contribution is 0.411. The number of hydrogen-bond acceptors (Lipinski definition) is 4. The summed E-state index contributed by atoms with van der Waals surface area (Å²) in [6.45, 7) is 1.95. The van der Waals surface area contributed by atoms with Crippen LogP contribution >= 0.6 is 11.6 Å². The second-order valence-electron chi connectivity index (χ2n) is 3.06. The SMILES string of the molecule is COc1ccc(-c2noc(Cl)n2)cc1C. The molecule has 4 nitrogen and oxygen atoms in total. The zero-order valence-corrected chi connectivity index (χ0v) is 9.08. The van der Waals surface area contributed by atoms with Gasteiger partial charge in [-0.25, -0.2) is 0 Å². The zero-order chi connectivity index (χ0) is 10.8. The maximum atomic E-state index is 5.54. The highest BCUT2D eigenvalue weighted by molar-refractivity contribution is 6.27. The number of aryl methyl sites for hydroxylation is 1. The third-order valence-electron chi connectivity index (χ3n) is 2.05. The van der Waals surface area contributed by atoms with Gasteiger partial charge in [0.2, 0.25) is 5.82 Å².